The Morgan fingerprint density at radius 3 is 2.21 bits per heavy atom. The summed E-state index contributed by atoms with van der Waals surface area (Å²) in [5.74, 6) is -4.09. The predicted octanol–water partition coefficient (Wildman–Crippen LogP) is -2.89. The molecular formula is C30H39N7O10. The van der Waals surface area contributed by atoms with Crippen molar-refractivity contribution < 1.29 is 47.8 Å². The summed E-state index contributed by atoms with van der Waals surface area (Å²) in [6.07, 6.45) is 3.16. The van der Waals surface area contributed by atoms with Gasteiger partial charge in [-0.2, -0.15) is 0 Å². The van der Waals surface area contributed by atoms with Gasteiger partial charge in [-0.15, -0.1) is 0 Å². The highest BCUT2D eigenvalue weighted by Crippen LogP contribution is 2.08. The predicted molar refractivity (Wildman–Crippen MR) is 162 cm³/mol. The lowest BCUT2D eigenvalue weighted by atomic mass is 10.1. The van der Waals surface area contributed by atoms with Crippen molar-refractivity contribution in [3.8, 4) is 0 Å². The number of ether oxygens (including phenoxy) is 2. The van der Waals surface area contributed by atoms with Crippen molar-refractivity contribution >= 4 is 47.3 Å². The Hall–Kier alpha value is -5.16. The zero-order valence-corrected chi connectivity index (χ0v) is 25.7. The second-order valence-electron chi connectivity index (χ2n) is 10.5. The number of nitrogens with one attached hydrogen (secondary N) is 6. The first-order chi connectivity index (χ1) is 22.6. The van der Waals surface area contributed by atoms with Crippen molar-refractivity contribution in [3.05, 3.63) is 48.0 Å². The molecule has 2 aliphatic heterocycles. The fraction of sp³-hybridized carbons (Fsp3) is 0.467. The highest BCUT2D eigenvalue weighted by atomic mass is 16.7. The molecule has 0 aliphatic carbocycles. The number of hydrogen-bond donors (Lipinski definition) is 6. The molecule has 6 N–H and O–H groups in total. The highest BCUT2D eigenvalue weighted by molar-refractivity contribution is 6.12. The maximum Gasteiger partial charge on any atom is 0.277 e. The normalized spacial score (nSPS) is 16.2. The highest BCUT2D eigenvalue weighted by Gasteiger charge is 2.25. The third kappa shape index (κ3) is 13.4. The van der Waals surface area contributed by atoms with Gasteiger partial charge in [-0.3, -0.25) is 43.3 Å². The van der Waals surface area contributed by atoms with Gasteiger partial charge in [-0.05, 0) is 18.4 Å². The minimum absolute atomic E-state index is 0.100. The van der Waals surface area contributed by atoms with Gasteiger partial charge in [0.2, 0.25) is 35.8 Å². The Labute approximate surface area is 270 Å². The number of nitrogens with zero attached hydrogens (tertiary/aromatic N) is 1. The van der Waals surface area contributed by atoms with Gasteiger partial charge in [0.05, 0.1) is 26.2 Å². The Balaban J connectivity index is 1.33. The third-order valence-electron chi connectivity index (χ3n) is 6.82. The molecule has 8 amide bonds. The third-order valence-corrected chi connectivity index (χ3v) is 6.82. The van der Waals surface area contributed by atoms with Gasteiger partial charge in [0.25, 0.3) is 17.7 Å². The summed E-state index contributed by atoms with van der Waals surface area (Å²) >= 11 is 0. The molecule has 3 rings (SSSR count). The first-order valence-electron chi connectivity index (χ1n) is 15.1. The van der Waals surface area contributed by atoms with E-state index in [-0.39, 0.29) is 57.0 Å². The topological polar surface area (TPSA) is 230 Å². The molecule has 2 heterocycles. The first-order valence-corrected chi connectivity index (χ1v) is 15.1. The van der Waals surface area contributed by atoms with E-state index in [1.165, 1.54) is 12.2 Å². The summed E-state index contributed by atoms with van der Waals surface area (Å²) in [7, 11) is 0. The summed E-state index contributed by atoms with van der Waals surface area (Å²) in [6, 6.07) is 7.76. The summed E-state index contributed by atoms with van der Waals surface area (Å²) in [5.41, 5.74) is 0.735. The molecule has 1 unspecified atom stereocenters. The minimum Gasteiger partial charge on any atom is -0.349 e. The monoisotopic (exact) mass is 657 g/mol. The molecule has 0 spiro atoms. The fourth-order valence-electron chi connectivity index (χ4n) is 4.37. The van der Waals surface area contributed by atoms with Crippen molar-refractivity contribution in [3.63, 3.8) is 0 Å². The van der Waals surface area contributed by atoms with Crippen LogP contribution >= 0.6 is 0 Å². The van der Waals surface area contributed by atoms with Crippen molar-refractivity contribution in [2.45, 2.75) is 44.4 Å². The lowest BCUT2D eigenvalue weighted by Gasteiger charge is -2.22. The van der Waals surface area contributed by atoms with Crippen LogP contribution < -0.4 is 31.9 Å². The standard InChI is InChI=1S/C30H39N7O10/c38-22(9-5-2-6-13-37-26(42)10-11-27(37)43)32-16-23(39)33-18-25(41)36-21(15-20-7-3-1-4-8-20)28(44)34-17-24(40)35-19-47-30-29(45)31-12-14-46-30/h1,3-4,7-8,10-11,21,30H,2,5-6,9,12-19H2,(H,31,45)(H,32,38)(H,33,39)(H,34,44)(H,35,40)(H,36,41)/t21-,30?/m0/s1. The van der Waals surface area contributed by atoms with Crippen LogP contribution in [-0.2, 0) is 54.3 Å². The molecule has 17 nitrogen and oxygen atoms in total. The average Bonchev–Trinajstić information content (AvgIpc) is 3.38. The maximum absolute atomic E-state index is 12.9. The zero-order chi connectivity index (χ0) is 34.0. The molecule has 1 fully saturated rings. The lowest BCUT2D eigenvalue weighted by molar-refractivity contribution is -0.183. The fourth-order valence-corrected chi connectivity index (χ4v) is 4.37. The number of carbonyl (C=O) groups is 8. The molecule has 2 atom stereocenters. The van der Waals surface area contributed by atoms with Gasteiger partial charge in [-0.25, -0.2) is 0 Å². The van der Waals surface area contributed by atoms with Crippen LogP contribution in [0.3, 0.4) is 0 Å². The van der Waals surface area contributed by atoms with Gasteiger partial charge in [0.15, 0.2) is 0 Å². The number of rotatable bonds is 19. The van der Waals surface area contributed by atoms with Crippen LogP contribution in [0.25, 0.3) is 0 Å². The van der Waals surface area contributed by atoms with Crippen molar-refractivity contribution in [1.29, 1.82) is 0 Å². The van der Waals surface area contributed by atoms with Crippen molar-refractivity contribution in [2.75, 3.05) is 46.1 Å². The molecule has 0 aromatic heterocycles. The van der Waals surface area contributed by atoms with Gasteiger partial charge in [0, 0.05) is 38.1 Å². The average molecular weight is 658 g/mol. The quantitative estimate of drug-likeness (QED) is 0.0505. The number of hydrogen-bond acceptors (Lipinski definition) is 10. The number of imide groups is 1. The number of benzene rings is 1. The summed E-state index contributed by atoms with van der Waals surface area (Å²) < 4.78 is 10.3. The maximum atomic E-state index is 12.9. The molecule has 0 bridgehead atoms. The molecule has 1 aromatic rings. The molecule has 47 heavy (non-hydrogen) atoms. The number of carbonyl (C=O) groups excluding carboxylic acids is 8. The molecule has 1 aromatic carbocycles. The van der Waals surface area contributed by atoms with E-state index < -0.39 is 55.0 Å². The first kappa shape index (κ1) is 36.3. The summed E-state index contributed by atoms with van der Waals surface area (Å²) in [6.45, 7) is -0.698. The Kier molecular flexibility index (Phi) is 15.0. The van der Waals surface area contributed by atoms with E-state index >= 15 is 0 Å². The zero-order valence-electron chi connectivity index (χ0n) is 25.7. The molecule has 2 aliphatic rings. The van der Waals surface area contributed by atoms with Crippen molar-refractivity contribution in [2.24, 2.45) is 0 Å². The van der Waals surface area contributed by atoms with Gasteiger partial charge >= 0.3 is 0 Å². The second-order valence-corrected chi connectivity index (χ2v) is 10.5. The van der Waals surface area contributed by atoms with Gasteiger partial charge < -0.3 is 41.4 Å². The SMILES string of the molecule is O=C(CCCCCN1C(=O)C=CC1=O)NCC(=O)NCC(=O)N[C@@H](Cc1ccccc1)C(=O)NCC(=O)NCOC1OCCNC1=O. The van der Waals surface area contributed by atoms with E-state index in [0.717, 1.165) is 10.5 Å². The Morgan fingerprint density at radius 1 is 0.830 bits per heavy atom. The van der Waals surface area contributed by atoms with Crippen LogP contribution in [0.15, 0.2) is 42.5 Å². The van der Waals surface area contributed by atoms with E-state index in [4.69, 9.17) is 9.47 Å². The van der Waals surface area contributed by atoms with Crippen LogP contribution in [0.2, 0.25) is 0 Å². The number of unbranched alkanes of at least 4 members (excludes halogenated alkanes) is 2. The van der Waals surface area contributed by atoms with Crippen molar-refractivity contribution in [1.82, 2.24) is 36.8 Å². The van der Waals surface area contributed by atoms with Crippen LogP contribution in [0.5, 0.6) is 0 Å². The summed E-state index contributed by atoms with van der Waals surface area (Å²) in [4.78, 5) is 97.7. The van der Waals surface area contributed by atoms with E-state index in [1.807, 2.05) is 0 Å². The lowest BCUT2D eigenvalue weighted by Crippen LogP contribution is -2.52. The van der Waals surface area contributed by atoms with E-state index in [2.05, 4.69) is 31.9 Å². The molecule has 1 saturated heterocycles. The number of morpholine rings is 1. The van der Waals surface area contributed by atoms with Crippen LogP contribution in [0.4, 0.5) is 0 Å². The van der Waals surface area contributed by atoms with Crippen LogP contribution in [-0.4, -0.2) is 111 Å². The van der Waals surface area contributed by atoms with E-state index in [0.29, 0.717) is 25.8 Å². The van der Waals surface area contributed by atoms with Gasteiger partial charge in [0.1, 0.15) is 12.8 Å². The second kappa shape index (κ2) is 19.4. The molecule has 17 heteroatoms. The Bertz CT molecular complexity index is 1320. The van der Waals surface area contributed by atoms with Crippen LogP contribution in [0, 0.1) is 0 Å². The van der Waals surface area contributed by atoms with E-state index in [1.54, 1.807) is 30.3 Å². The number of amides is 8. The molecular weight excluding hydrogens is 618 g/mol. The molecule has 0 saturated carbocycles. The summed E-state index contributed by atoms with van der Waals surface area (Å²) in [5, 5.41) is 14.8. The largest absolute Gasteiger partial charge is 0.349 e. The minimum atomic E-state index is -1.15. The van der Waals surface area contributed by atoms with Crippen LogP contribution in [0.1, 0.15) is 31.2 Å². The van der Waals surface area contributed by atoms with Gasteiger partial charge in [-0.1, -0.05) is 36.8 Å². The Morgan fingerprint density at radius 2 is 1.49 bits per heavy atom. The molecule has 0 radical (unpaired) electrons. The molecule has 254 valence electrons. The smallest absolute Gasteiger partial charge is 0.277 e. The van der Waals surface area contributed by atoms with E-state index in [9.17, 15) is 38.4 Å².